The lowest BCUT2D eigenvalue weighted by atomic mass is 10.1. The lowest BCUT2D eigenvalue weighted by Gasteiger charge is -2.24. The summed E-state index contributed by atoms with van der Waals surface area (Å²) in [7, 11) is -3.88. The summed E-state index contributed by atoms with van der Waals surface area (Å²) in [6.45, 7) is -1.45. The van der Waals surface area contributed by atoms with E-state index in [0.717, 1.165) is 31.6 Å². The fourth-order valence-corrected chi connectivity index (χ4v) is 3.95. The first-order chi connectivity index (χ1) is 13.5. The Morgan fingerprint density at radius 1 is 1.17 bits per heavy atom. The van der Waals surface area contributed by atoms with Gasteiger partial charge in [-0.25, -0.2) is 36.3 Å². The van der Waals surface area contributed by atoms with E-state index in [-0.39, 0.29) is 4.31 Å². The van der Waals surface area contributed by atoms with Gasteiger partial charge in [0.1, 0.15) is 0 Å². The number of hydrogen-bond donors (Lipinski definition) is 0. The third kappa shape index (κ3) is 5.37. The molecule has 0 spiro atoms. The minimum atomic E-state index is -4.86. The van der Waals surface area contributed by atoms with Crippen LogP contribution in [0, 0.1) is 0 Å². The molecule has 0 aliphatic rings. The normalized spacial score (nSPS) is 12.1. The van der Waals surface area contributed by atoms with Gasteiger partial charge in [0.2, 0.25) is 10.0 Å². The molecule has 158 valence electrons. The van der Waals surface area contributed by atoms with Crippen LogP contribution in [-0.2, 0) is 26.7 Å². The van der Waals surface area contributed by atoms with E-state index in [1.807, 2.05) is 0 Å². The molecule has 13 heteroatoms. The Labute approximate surface area is 162 Å². The molecule has 0 unspecified atom stereocenters. The molecule has 0 radical (unpaired) electrons. The van der Waals surface area contributed by atoms with E-state index in [4.69, 9.17) is 0 Å². The van der Waals surface area contributed by atoms with Crippen LogP contribution in [0.1, 0.15) is 21.6 Å². The molecule has 0 atom stereocenters. The van der Waals surface area contributed by atoms with Crippen LogP contribution in [0.4, 0.5) is 27.8 Å². The molecule has 1 aromatic carbocycles. The highest BCUT2D eigenvalue weighted by Gasteiger charge is 2.37. The monoisotopic (exact) mass is 439 g/mol. The first kappa shape index (κ1) is 22.5. The number of alkyl halides is 5. The molecular weight excluding hydrogens is 425 g/mol. The molecule has 0 amide bonds. The molecular formula is C16H14F5N3O4S. The minimum absolute atomic E-state index is 0.0596. The number of sulfonamides is 1. The number of carbonyl (C=O) groups is 1. The van der Waals surface area contributed by atoms with Crippen molar-refractivity contribution in [2.75, 3.05) is 18.0 Å². The van der Waals surface area contributed by atoms with Crippen LogP contribution in [0.5, 0.6) is 0 Å². The number of halogens is 5. The van der Waals surface area contributed by atoms with E-state index in [0.29, 0.717) is 6.07 Å². The predicted octanol–water partition coefficient (Wildman–Crippen LogP) is 2.88. The smallest absolute Gasteiger partial charge is 0.416 e. The summed E-state index contributed by atoms with van der Waals surface area (Å²) in [5, 5.41) is 0. The highest BCUT2D eigenvalue weighted by Crippen LogP contribution is 2.33. The summed E-state index contributed by atoms with van der Waals surface area (Å²) in [5.41, 5.74) is -2.56. The first-order valence-electron chi connectivity index (χ1n) is 7.80. The van der Waals surface area contributed by atoms with Crippen LogP contribution in [0.25, 0.3) is 0 Å². The van der Waals surface area contributed by atoms with E-state index in [9.17, 15) is 35.2 Å². The molecule has 0 bridgehead atoms. The van der Waals surface area contributed by atoms with Crippen molar-refractivity contribution < 1.29 is 39.9 Å². The van der Waals surface area contributed by atoms with Gasteiger partial charge in [-0.05, 0) is 11.6 Å². The summed E-state index contributed by atoms with van der Waals surface area (Å²) in [4.78, 5) is 19.0. The van der Waals surface area contributed by atoms with Gasteiger partial charge in [-0.1, -0.05) is 18.2 Å². The van der Waals surface area contributed by atoms with Gasteiger partial charge < -0.3 is 4.74 Å². The zero-order chi connectivity index (χ0) is 21.8. The molecule has 1 aromatic heterocycles. The van der Waals surface area contributed by atoms with Gasteiger partial charge >= 0.3 is 12.1 Å². The Balaban J connectivity index is 2.56. The summed E-state index contributed by atoms with van der Waals surface area (Å²) in [6.07, 6.45) is -6.12. The maximum absolute atomic E-state index is 13.2. The molecule has 0 saturated heterocycles. The Morgan fingerprint density at radius 3 is 2.38 bits per heavy atom. The Kier molecular flexibility index (Phi) is 6.72. The second kappa shape index (κ2) is 8.68. The molecule has 0 saturated carbocycles. The fourth-order valence-electron chi connectivity index (χ4n) is 2.41. The molecule has 0 N–H and O–H groups in total. The van der Waals surface area contributed by atoms with Crippen molar-refractivity contribution in [2.24, 2.45) is 0 Å². The van der Waals surface area contributed by atoms with Gasteiger partial charge in [-0.3, -0.25) is 0 Å². The lowest BCUT2D eigenvalue weighted by molar-refractivity contribution is -0.138. The molecule has 1 heterocycles. The van der Waals surface area contributed by atoms with Crippen molar-refractivity contribution in [2.45, 2.75) is 18.4 Å². The summed E-state index contributed by atoms with van der Waals surface area (Å²) in [6, 6.07) is 3.83. The van der Waals surface area contributed by atoms with E-state index in [1.54, 1.807) is 0 Å². The van der Waals surface area contributed by atoms with Gasteiger partial charge in [0, 0.05) is 12.4 Å². The largest absolute Gasteiger partial charge is 0.464 e. The number of ether oxygens (including phenoxy) is 1. The third-order valence-corrected chi connectivity index (χ3v) is 5.26. The van der Waals surface area contributed by atoms with Crippen molar-refractivity contribution in [1.29, 1.82) is 0 Å². The van der Waals surface area contributed by atoms with Crippen LogP contribution in [0.15, 0.2) is 36.7 Å². The molecule has 7 nitrogen and oxygen atoms in total. The topological polar surface area (TPSA) is 89.5 Å². The number of methoxy groups -OCH3 is 1. The molecule has 0 fully saturated rings. The van der Waals surface area contributed by atoms with E-state index >= 15 is 0 Å². The standard InChI is InChI=1S/C16H14F5N3O4S/c1-28-15(25)13-14(23-7-6-22-13)24(8-12(17)18)29(26,27)9-10-4-2-3-5-11(10)16(19,20)21/h2-7,12H,8-9H2,1H3. The number of carbonyl (C=O) groups excluding carboxylic acids is 1. The third-order valence-electron chi connectivity index (χ3n) is 3.59. The van der Waals surface area contributed by atoms with Crippen LogP contribution in [-0.4, -0.2) is 44.4 Å². The van der Waals surface area contributed by atoms with Crippen LogP contribution in [0.3, 0.4) is 0 Å². The quantitative estimate of drug-likeness (QED) is 0.487. The fraction of sp³-hybridized carbons (Fsp3) is 0.312. The van der Waals surface area contributed by atoms with Gasteiger partial charge in [-0.15, -0.1) is 0 Å². The number of rotatable bonds is 7. The van der Waals surface area contributed by atoms with Crippen molar-refractivity contribution in [3.8, 4) is 0 Å². The van der Waals surface area contributed by atoms with Crippen LogP contribution < -0.4 is 4.31 Å². The maximum Gasteiger partial charge on any atom is 0.416 e. The average molecular weight is 439 g/mol. The zero-order valence-electron chi connectivity index (χ0n) is 14.7. The maximum atomic E-state index is 13.2. The van der Waals surface area contributed by atoms with Crippen molar-refractivity contribution in [3.05, 3.63) is 53.5 Å². The van der Waals surface area contributed by atoms with E-state index < -0.39 is 63.5 Å². The van der Waals surface area contributed by atoms with E-state index in [1.165, 1.54) is 6.07 Å². The van der Waals surface area contributed by atoms with Crippen LogP contribution in [0.2, 0.25) is 0 Å². The van der Waals surface area contributed by atoms with Crippen molar-refractivity contribution in [3.63, 3.8) is 0 Å². The summed E-state index contributed by atoms with van der Waals surface area (Å²) < 4.78 is 95.7. The van der Waals surface area contributed by atoms with Gasteiger partial charge in [-0.2, -0.15) is 13.2 Å². The number of benzene rings is 1. The second-order valence-corrected chi connectivity index (χ2v) is 7.45. The number of hydrogen-bond acceptors (Lipinski definition) is 6. The first-order valence-corrected chi connectivity index (χ1v) is 9.41. The molecule has 0 aliphatic carbocycles. The number of aromatic nitrogens is 2. The highest BCUT2D eigenvalue weighted by molar-refractivity contribution is 7.92. The molecule has 2 aromatic rings. The Bertz CT molecular complexity index is 983. The number of nitrogens with zero attached hydrogens (tertiary/aromatic N) is 3. The summed E-state index contributed by atoms with van der Waals surface area (Å²) >= 11 is 0. The van der Waals surface area contributed by atoms with Gasteiger partial charge in [0.15, 0.2) is 11.5 Å². The highest BCUT2D eigenvalue weighted by atomic mass is 32.2. The Hall–Kier alpha value is -2.83. The second-order valence-electron chi connectivity index (χ2n) is 5.55. The zero-order valence-corrected chi connectivity index (χ0v) is 15.5. The Morgan fingerprint density at radius 2 is 1.79 bits per heavy atom. The van der Waals surface area contributed by atoms with Crippen molar-refractivity contribution in [1.82, 2.24) is 9.97 Å². The molecule has 2 rings (SSSR count). The number of anilines is 1. The van der Waals surface area contributed by atoms with E-state index in [2.05, 4.69) is 14.7 Å². The van der Waals surface area contributed by atoms with Crippen molar-refractivity contribution >= 4 is 21.8 Å². The van der Waals surface area contributed by atoms with Gasteiger partial charge in [0.25, 0.3) is 6.43 Å². The lowest BCUT2D eigenvalue weighted by Crippen LogP contribution is -2.38. The SMILES string of the molecule is COC(=O)c1nccnc1N(CC(F)F)S(=O)(=O)Cc1ccccc1C(F)(F)F. The molecule has 29 heavy (non-hydrogen) atoms. The number of esters is 1. The minimum Gasteiger partial charge on any atom is -0.464 e. The van der Waals surface area contributed by atoms with Crippen LogP contribution >= 0.6 is 0 Å². The predicted molar refractivity (Wildman–Crippen MR) is 90.8 cm³/mol. The summed E-state index contributed by atoms with van der Waals surface area (Å²) in [5.74, 6) is -3.19. The van der Waals surface area contributed by atoms with Gasteiger partial charge in [0.05, 0.1) is 25.0 Å². The molecule has 0 aliphatic heterocycles. The average Bonchev–Trinajstić information content (AvgIpc) is 2.64.